The Morgan fingerprint density at radius 1 is 1.11 bits per heavy atom. The van der Waals surface area contributed by atoms with Gasteiger partial charge >= 0.3 is 6.09 Å². The molecule has 7 nitrogen and oxygen atoms in total. The van der Waals surface area contributed by atoms with E-state index in [9.17, 15) is 9.59 Å². The van der Waals surface area contributed by atoms with Crippen LogP contribution < -0.4 is 10.6 Å². The Labute approximate surface area is 160 Å². The highest BCUT2D eigenvalue weighted by molar-refractivity contribution is 5.76. The van der Waals surface area contributed by atoms with E-state index in [1.807, 2.05) is 55.8 Å². The van der Waals surface area contributed by atoms with Crippen molar-refractivity contribution in [1.82, 2.24) is 20.2 Å². The van der Waals surface area contributed by atoms with E-state index in [1.54, 1.807) is 12.5 Å². The fourth-order valence-corrected chi connectivity index (χ4v) is 2.40. The van der Waals surface area contributed by atoms with E-state index < -0.39 is 11.7 Å². The largest absolute Gasteiger partial charge is 0.444 e. The zero-order chi connectivity index (χ0) is 19.7. The molecule has 0 aliphatic carbocycles. The molecule has 1 aromatic carbocycles. The number of ether oxygens (including phenoxy) is 1. The minimum atomic E-state index is -0.518. The summed E-state index contributed by atoms with van der Waals surface area (Å²) < 4.78 is 7.14. The summed E-state index contributed by atoms with van der Waals surface area (Å²) in [5, 5.41) is 5.54. The number of rotatable bonds is 8. The SMILES string of the molecule is CC(C)(C)OC(=O)NCCCC(=O)NCc1ccc(Cn2ccnc2)cc1. The van der Waals surface area contributed by atoms with Gasteiger partial charge in [-0.3, -0.25) is 4.79 Å². The van der Waals surface area contributed by atoms with Crippen LogP contribution in [0.1, 0.15) is 44.7 Å². The van der Waals surface area contributed by atoms with E-state index in [-0.39, 0.29) is 5.91 Å². The first-order valence-electron chi connectivity index (χ1n) is 9.09. The van der Waals surface area contributed by atoms with Crippen molar-refractivity contribution in [3.8, 4) is 0 Å². The molecule has 0 unspecified atom stereocenters. The van der Waals surface area contributed by atoms with E-state index >= 15 is 0 Å². The lowest BCUT2D eigenvalue weighted by Gasteiger charge is -2.19. The molecular weight excluding hydrogens is 344 g/mol. The average molecular weight is 372 g/mol. The van der Waals surface area contributed by atoms with E-state index in [2.05, 4.69) is 15.6 Å². The number of benzene rings is 1. The molecule has 0 saturated heterocycles. The molecule has 1 aromatic heterocycles. The molecule has 146 valence electrons. The average Bonchev–Trinajstić information content (AvgIpc) is 3.09. The maximum atomic E-state index is 11.9. The zero-order valence-electron chi connectivity index (χ0n) is 16.2. The van der Waals surface area contributed by atoms with Crippen LogP contribution in [0.15, 0.2) is 43.0 Å². The van der Waals surface area contributed by atoms with Gasteiger partial charge in [-0.05, 0) is 38.3 Å². The predicted octanol–water partition coefficient (Wildman–Crippen LogP) is 2.85. The van der Waals surface area contributed by atoms with Crippen molar-refractivity contribution in [3.63, 3.8) is 0 Å². The second kappa shape index (κ2) is 9.75. The van der Waals surface area contributed by atoms with Crippen LogP contribution in [0.25, 0.3) is 0 Å². The molecule has 0 bridgehead atoms. The summed E-state index contributed by atoms with van der Waals surface area (Å²) in [7, 11) is 0. The maximum Gasteiger partial charge on any atom is 0.407 e. The first-order valence-corrected chi connectivity index (χ1v) is 9.09. The number of imidazole rings is 1. The van der Waals surface area contributed by atoms with Crippen LogP contribution >= 0.6 is 0 Å². The van der Waals surface area contributed by atoms with Crippen LogP contribution in [0.3, 0.4) is 0 Å². The molecule has 7 heteroatoms. The maximum absolute atomic E-state index is 11.9. The summed E-state index contributed by atoms with van der Waals surface area (Å²) in [5.74, 6) is -0.0384. The molecule has 0 fully saturated rings. The summed E-state index contributed by atoms with van der Waals surface area (Å²) in [6.07, 6.45) is 5.92. The van der Waals surface area contributed by atoms with Gasteiger partial charge < -0.3 is 19.9 Å². The monoisotopic (exact) mass is 372 g/mol. The van der Waals surface area contributed by atoms with Crippen LogP contribution in [-0.4, -0.2) is 33.7 Å². The molecule has 0 saturated carbocycles. The second-order valence-electron chi connectivity index (χ2n) is 7.36. The molecular formula is C20H28N4O3. The standard InChI is InChI=1S/C20H28N4O3/c1-20(2,3)27-19(26)22-10-4-5-18(25)23-13-16-6-8-17(9-7-16)14-24-12-11-21-15-24/h6-9,11-12,15H,4-5,10,13-14H2,1-3H3,(H,22,26)(H,23,25). The van der Waals surface area contributed by atoms with Crippen LogP contribution in [0.5, 0.6) is 0 Å². The highest BCUT2D eigenvalue weighted by Gasteiger charge is 2.15. The van der Waals surface area contributed by atoms with Crippen molar-refractivity contribution in [2.45, 2.75) is 52.3 Å². The molecule has 0 spiro atoms. The lowest BCUT2D eigenvalue weighted by atomic mass is 10.1. The quantitative estimate of drug-likeness (QED) is 0.698. The first kappa shape index (κ1) is 20.5. The normalized spacial score (nSPS) is 11.1. The number of amides is 2. The predicted molar refractivity (Wildman–Crippen MR) is 103 cm³/mol. The van der Waals surface area contributed by atoms with Gasteiger partial charge in [-0.1, -0.05) is 24.3 Å². The highest BCUT2D eigenvalue weighted by atomic mass is 16.6. The topological polar surface area (TPSA) is 85.2 Å². The molecule has 1 heterocycles. The van der Waals surface area contributed by atoms with Crippen molar-refractivity contribution in [3.05, 3.63) is 54.1 Å². The van der Waals surface area contributed by atoms with Crippen molar-refractivity contribution >= 4 is 12.0 Å². The van der Waals surface area contributed by atoms with E-state index in [0.717, 1.165) is 12.1 Å². The van der Waals surface area contributed by atoms with Gasteiger partial charge in [-0.2, -0.15) is 0 Å². The van der Waals surface area contributed by atoms with Crippen molar-refractivity contribution in [2.75, 3.05) is 6.54 Å². The summed E-state index contributed by atoms with van der Waals surface area (Å²) in [5.41, 5.74) is 1.70. The number of aromatic nitrogens is 2. The van der Waals surface area contributed by atoms with Crippen LogP contribution in [0.2, 0.25) is 0 Å². The summed E-state index contributed by atoms with van der Waals surface area (Å²) >= 11 is 0. The number of hydrogen-bond donors (Lipinski definition) is 2. The highest BCUT2D eigenvalue weighted by Crippen LogP contribution is 2.07. The number of carbonyl (C=O) groups excluding carboxylic acids is 2. The van der Waals surface area contributed by atoms with Crippen LogP contribution in [0, 0.1) is 0 Å². The Morgan fingerprint density at radius 3 is 2.44 bits per heavy atom. The summed E-state index contributed by atoms with van der Waals surface area (Å²) in [4.78, 5) is 27.4. The van der Waals surface area contributed by atoms with Gasteiger partial charge in [-0.15, -0.1) is 0 Å². The summed E-state index contributed by atoms with van der Waals surface area (Å²) in [6, 6.07) is 8.12. The Morgan fingerprint density at radius 2 is 1.81 bits per heavy atom. The van der Waals surface area contributed by atoms with Gasteiger partial charge in [0.2, 0.25) is 5.91 Å². The number of nitrogens with one attached hydrogen (secondary N) is 2. The van der Waals surface area contributed by atoms with Gasteiger partial charge in [0.1, 0.15) is 5.60 Å². The number of hydrogen-bond acceptors (Lipinski definition) is 4. The van der Waals surface area contributed by atoms with Gasteiger partial charge in [0.25, 0.3) is 0 Å². The first-order chi connectivity index (χ1) is 12.8. The molecule has 27 heavy (non-hydrogen) atoms. The Bertz CT molecular complexity index is 719. The number of carbonyl (C=O) groups is 2. The number of nitrogens with zero attached hydrogens (tertiary/aromatic N) is 2. The molecule has 2 amide bonds. The van der Waals surface area contributed by atoms with E-state index in [4.69, 9.17) is 4.74 Å². The smallest absolute Gasteiger partial charge is 0.407 e. The van der Waals surface area contributed by atoms with Crippen LogP contribution in [0.4, 0.5) is 4.79 Å². The third-order valence-corrected chi connectivity index (χ3v) is 3.69. The van der Waals surface area contributed by atoms with Crippen molar-refractivity contribution in [1.29, 1.82) is 0 Å². The summed E-state index contributed by atoms with van der Waals surface area (Å²) in [6.45, 7) is 7.10. The lowest BCUT2D eigenvalue weighted by molar-refractivity contribution is -0.121. The molecule has 0 aliphatic heterocycles. The molecule has 0 aliphatic rings. The molecule has 2 aromatic rings. The van der Waals surface area contributed by atoms with Crippen molar-refractivity contribution < 1.29 is 14.3 Å². The minimum absolute atomic E-state index is 0.0384. The van der Waals surface area contributed by atoms with Gasteiger partial charge in [-0.25, -0.2) is 9.78 Å². The fourth-order valence-electron chi connectivity index (χ4n) is 2.40. The van der Waals surface area contributed by atoms with Crippen molar-refractivity contribution in [2.24, 2.45) is 0 Å². The fraction of sp³-hybridized carbons (Fsp3) is 0.450. The molecule has 2 N–H and O–H groups in total. The molecule has 2 rings (SSSR count). The second-order valence-corrected chi connectivity index (χ2v) is 7.36. The number of alkyl carbamates (subject to hydrolysis) is 1. The molecule has 0 atom stereocenters. The third-order valence-electron chi connectivity index (χ3n) is 3.69. The van der Waals surface area contributed by atoms with Gasteiger partial charge in [0, 0.05) is 38.4 Å². The van der Waals surface area contributed by atoms with E-state index in [0.29, 0.717) is 25.9 Å². The van der Waals surface area contributed by atoms with Crippen LogP contribution in [-0.2, 0) is 22.6 Å². The van der Waals surface area contributed by atoms with E-state index in [1.165, 1.54) is 5.56 Å². The lowest BCUT2D eigenvalue weighted by Crippen LogP contribution is -2.33. The molecule has 0 radical (unpaired) electrons. The van der Waals surface area contributed by atoms with Gasteiger partial charge in [0.15, 0.2) is 0 Å². The minimum Gasteiger partial charge on any atom is -0.444 e. The van der Waals surface area contributed by atoms with Gasteiger partial charge in [0.05, 0.1) is 6.33 Å². The Hall–Kier alpha value is -2.83. The Kier molecular flexibility index (Phi) is 7.40. The third kappa shape index (κ3) is 8.40. The zero-order valence-corrected chi connectivity index (χ0v) is 16.2. The Balaban J connectivity index is 1.62.